The van der Waals surface area contributed by atoms with E-state index in [0.717, 1.165) is 37.3 Å². The number of aromatic nitrogens is 2. The van der Waals surface area contributed by atoms with Crippen molar-refractivity contribution in [2.75, 3.05) is 6.54 Å². The fraction of sp³-hybridized carbons (Fsp3) is 0.467. The second-order valence-corrected chi connectivity index (χ2v) is 5.29. The van der Waals surface area contributed by atoms with E-state index in [1.807, 2.05) is 28.8 Å². The molecule has 1 atom stereocenters. The van der Waals surface area contributed by atoms with Gasteiger partial charge in [-0.05, 0) is 38.4 Å². The first-order valence-electron chi connectivity index (χ1n) is 6.91. The van der Waals surface area contributed by atoms with Gasteiger partial charge in [0.1, 0.15) is 11.4 Å². The lowest BCUT2D eigenvalue weighted by Crippen LogP contribution is -2.43. The molecule has 0 aromatic carbocycles. The standard InChI is InChI=1S/C15H19N3O/c1-12(19)14-6-2-4-8-17(14)10-13-11-18-9-5-3-7-15(18)16-13/h3,5,7,9,11,14H,2,4,6,8,10H2,1H3. The normalized spacial score (nSPS) is 20.8. The Morgan fingerprint density at radius 2 is 2.32 bits per heavy atom. The van der Waals surface area contributed by atoms with Gasteiger partial charge < -0.3 is 4.40 Å². The van der Waals surface area contributed by atoms with Crippen molar-refractivity contribution in [3.05, 3.63) is 36.3 Å². The molecule has 1 aliphatic heterocycles. The predicted octanol–water partition coefficient (Wildman–Crippen LogP) is 2.28. The lowest BCUT2D eigenvalue weighted by molar-refractivity contribution is -0.123. The van der Waals surface area contributed by atoms with Crippen LogP contribution in [0.25, 0.3) is 5.65 Å². The molecule has 0 radical (unpaired) electrons. The quantitative estimate of drug-likeness (QED) is 0.846. The average molecular weight is 257 g/mol. The van der Waals surface area contributed by atoms with Gasteiger partial charge in [0.15, 0.2) is 0 Å². The maximum absolute atomic E-state index is 11.7. The number of carbonyl (C=O) groups excluding carboxylic acids is 1. The van der Waals surface area contributed by atoms with E-state index in [4.69, 9.17) is 0 Å². The number of fused-ring (bicyclic) bond motifs is 1. The lowest BCUT2D eigenvalue weighted by atomic mass is 9.99. The summed E-state index contributed by atoms with van der Waals surface area (Å²) >= 11 is 0. The fourth-order valence-electron chi connectivity index (χ4n) is 2.91. The molecule has 0 bridgehead atoms. The molecular formula is C15H19N3O. The number of Topliss-reactive ketones (excluding diaryl/α,β-unsaturated/α-hetero) is 1. The zero-order chi connectivity index (χ0) is 13.2. The van der Waals surface area contributed by atoms with E-state index in [1.54, 1.807) is 6.92 Å². The van der Waals surface area contributed by atoms with E-state index in [0.29, 0.717) is 0 Å². The van der Waals surface area contributed by atoms with E-state index in [-0.39, 0.29) is 11.8 Å². The van der Waals surface area contributed by atoms with Crippen molar-refractivity contribution in [1.29, 1.82) is 0 Å². The molecule has 0 saturated carbocycles. The minimum Gasteiger partial charge on any atom is -0.307 e. The summed E-state index contributed by atoms with van der Waals surface area (Å²) in [5.41, 5.74) is 2.01. The van der Waals surface area contributed by atoms with Crippen LogP contribution in [-0.4, -0.2) is 32.7 Å². The summed E-state index contributed by atoms with van der Waals surface area (Å²) in [6.07, 6.45) is 7.39. The highest BCUT2D eigenvalue weighted by Gasteiger charge is 2.26. The molecule has 3 rings (SSSR count). The highest BCUT2D eigenvalue weighted by Crippen LogP contribution is 2.20. The smallest absolute Gasteiger partial charge is 0.146 e. The summed E-state index contributed by atoms with van der Waals surface area (Å²) in [5.74, 6) is 0.281. The van der Waals surface area contributed by atoms with Crippen LogP contribution in [0.2, 0.25) is 0 Å². The number of pyridine rings is 1. The Hall–Kier alpha value is -1.68. The minimum absolute atomic E-state index is 0.0820. The molecule has 3 heterocycles. The minimum atomic E-state index is 0.0820. The molecule has 4 heteroatoms. The molecule has 100 valence electrons. The third kappa shape index (κ3) is 2.54. The summed E-state index contributed by atoms with van der Waals surface area (Å²) in [6.45, 7) is 3.47. The third-order valence-corrected chi connectivity index (χ3v) is 3.86. The monoisotopic (exact) mass is 257 g/mol. The highest BCUT2D eigenvalue weighted by molar-refractivity contribution is 5.81. The van der Waals surface area contributed by atoms with Crippen molar-refractivity contribution in [1.82, 2.24) is 14.3 Å². The largest absolute Gasteiger partial charge is 0.307 e. The number of imidazole rings is 1. The maximum atomic E-state index is 11.7. The van der Waals surface area contributed by atoms with E-state index >= 15 is 0 Å². The fourth-order valence-corrected chi connectivity index (χ4v) is 2.91. The molecule has 0 spiro atoms. The van der Waals surface area contributed by atoms with Crippen LogP contribution >= 0.6 is 0 Å². The number of nitrogens with zero attached hydrogens (tertiary/aromatic N) is 3. The van der Waals surface area contributed by atoms with Gasteiger partial charge in [0.2, 0.25) is 0 Å². The molecule has 2 aromatic heterocycles. The van der Waals surface area contributed by atoms with Gasteiger partial charge in [0.05, 0.1) is 11.7 Å². The lowest BCUT2D eigenvalue weighted by Gasteiger charge is -2.33. The maximum Gasteiger partial charge on any atom is 0.146 e. The van der Waals surface area contributed by atoms with E-state index in [9.17, 15) is 4.79 Å². The molecule has 1 fully saturated rings. The highest BCUT2D eigenvalue weighted by atomic mass is 16.1. The van der Waals surface area contributed by atoms with Crippen LogP contribution in [0.5, 0.6) is 0 Å². The van der Waals surface area contributed by atoms with Crippen LogP contribution in [0.1, 0.15) is 31.9 Å². The first-order valence-corrected chi connectivity index (χ1v) is 6.91. The number of piperidine rings is 1. The molecule has 1 aliphatic rings. The molecular weight excluding hydrogens is 238 g/mol. The molecule has 1 saturated heterocycles. The second kappa shape index (κ2) is 5.13. The Morgan fingerprint density at radius 1 is 1.42 bits per heavy atom. The topological polar surface area (TPSA) is 37.6 Å². The van der Waals surface area contributed by atoms with Gasteiger partial charge in [-0.1, -0.05) is 12.5 Å². The molecule has 19 heavy (non-hydrogen) atoms. The van der Waals surface area contributed by atoms with Crippen molar-refractivity contribution < 1.29 is 4.79 Å². The number of ketones is 1. The second-order valence-electron chi connectivity index (χ2n) is 5.29. The van der Waals surface area contributed by atoms with Crippen LogP contribution in [-0.2, 0) is 11.3 Å². The first-order chi connectivity index (χ1) is 9.24. The predicted molar refractivity (Wildman–Crippen MR) is 73.9 cm³/mol. The molecule has 0 N–H and O–H groups in total. The number of hydrogen-bond acceptors (Lipinski definition) is 3. The van der Waals surface area contributed by atoms with Gasteiger partial charge in [-0.25, -0.2) is 4.98 Å². The van der Waals surface area contributed by atoms with Crippen LogP contribution in [0.4, 0.5) is 0 Å². The first kappa shape index (κ1) is 12.4. The Morgan fingerprint density at radius 3 is 3.11 bits per heavy atom. The van der Waals surface area contributed by atoms with E-state index < -0.39 is 0 Å². The van der Waals surface area contributed by atoms with Gasteiger partial charge in [-0.15, -0.1) is 0 Å². The van der Waals surface area contributed by atoms with Crippen LogP contribution in [0.15, 0.2) is 30.6 Å². The van der Waals surface area contributed by atoms with Crippen LogP contribution in [0.3, 0.4) is 0 Å². The van der Waals surface area contributed by atoms with Crippen LogP contribution < -0.4 is 0 Å². The third-order valence-electron chi connectivity index (χ3n) is 3.86. The summed E-state index contributed by atoms with van der Waals surface area (Å²) in [6, 6.07) is 6.07. The van der Waals surface area contributed by atoms with E-state index in [1.165, 1.54) is 6.42 Å². The molecule has 0 aliphatic carbocycles. The summed E-state index contributed by atoms with van der Waals surface area (Å²) in [7, 11) is 0. The summed E-state index contributed by atoms with van der Waals surface area (Å²) in [4.78, 5) is 18.6. The Kier molecular flexibility index (Phi) is 3.34. The summed E-state index contributed by atoms with van der Waals surface area (Å²) < 4.78 is 2.03. The average Bonchev–Trinajstić information content (AvgIpc) is 2.81. The van der Waals surface area contributed by atoms with Crippen molar-refractivity contribution in [2.24, 2.45) is 0 Å². The summed E-state index contributed by atoms with van der Waals surface area (Å²) in [5, 5.41) is 0. The van der Waals surface area contributed by atoms with Crippen molar-refractivity contribution in [2.45, 2.75) is 38.8 Å². The zero-order valence-electron chi connectivity index (χ0n) is 11.2. The van der Waals surface area contributed by atoms with Gasteiger partial charge in [0, 0.05) is 18.9 Å². The molecule has 0 amide bonds. The molecule has 1 unspecified atom stereocenters. The Balaban J connectivity index is 1.80. The van der Waals surface area contributed by atoms with Gasteiger partial charge in [0.25, 0.3) is 0 Å². The number of carbonyl (C=O) groups is 1. The number of rotatable bonds is 3. The van der Waals surface area contributed by atoms with Crippen molar-refractivity contribution in [3.63, 3.8) is 0 Å². The van der Waals surface area contributed by atoms with Gasteiger partial charge in [-0.3, -0.25) is 9.69 Å². The Labute approximate surface area is 113 Å². The van der Waals surface area contributed by atoms with Crippen molar-refractivity contribution in [3.8, 4) is 0 Å². The SMILES string of the molecule is CC(=O)C1CCCCN1Cc1cn2ccccc2n1. The van der Waals surface area contributed by atoms with Gasteiger partial charge in [-0.2, -0.15) is 0 Å². The van der Waals surface area contributed by atoms with Gasteiger partial charge >= 0.3 is 0 Å². The Bertz CT molecular complexity index is 557. The zero-order valence-corrected chi connectivity index (χ0v) is 11.2. The van der Waals surface area contributed by atoms with Crippen molar-refractivity contribution >= 4 is 11.4 Å². The number of hydrogen-bond donors (Lipinski definition) is 0. The molecule has 2 aromatic rings. The van der Waals surface area contributed by atoms with Crippen LogP contribution in [0, 0.1) is 0 Å². The van der Waals surface area contributed by atoms with E-state index in [2.05, 4.69) is 16.1 Å². The molecule has 4 nitrogen and oxygen atoms in total. The number of likely N-dealkylation sites (tertiary alicyclic amines) is 1.